The fourth-order valence-corrected chi connectivity index (χ4v) is 3.98. The van der Waals surface area contributed by atoms with E-state index in [2.05, 4.69) is 25.6 Å². The van der Waals surface area contributed by atoms with Crippen molar-refractivity contribution in [1.29, 1.82) is 0 Å². The van der Waals surface area contributed by atoms with Crippen LogP contribution in [0.4, 0.5) is 0 Å². The van der Waals surface area contributed by atoms with Gasteiger partial charge in [0, 0.05) is 18.7 Å². The Morgan fingerprint density at radius 3 is 2.39 bits per heavy atom. The van der Waals surface area contributed by atoms with E-state index in [-0.39, 0.29) is 24.6 Å². The number of nitrogens with one attached hydrogen (secondary N) is 1. The van der Waals surface area contributed by atoms with E-state index in [0.29, 0.717) is 24.8 Å². The largest absolute Gasteiger partial charge is 0.461 e. The summed E-state index contributed by atoms with van der Waals surface area (Å²) < 4.78 is 12.7. The van der Waals surface area contributed by atoms with Gasteiger partial charge in [0.05, 0.1) is 6.61 Å². The van der Waals surface area contributed by atoms with Gasteiger partial charge in [-0.2, -0.15) is 5.21 Å². The minimum absolute atomic E-state index is 0.204. The zero-order valence-corrected chi connectivity index (χ0v) is 20.9. The maximum absolute atomic E-state index is 12.9. The van der Waals surface area contributed by atoms with E-state index in [1.165, 1.54) is 0 Å². The van der Waals surface area contributed by atoms with Crippen molar-refractivity contribution >= 4 is 5.97 Å². The summed E-state index contributed by atoms with van der Waals surface area (Å²) in [6.45, 7) is 8.10. The van der Waals surface area contributed by atoms with Crippen molar-refractivity contribution in [3.05, 3.63) is 71.3 Å². The molecule has 0 saturated carbocycles. The number of aliphatic hydroxyl groups is 1. The second kappa shape index (κ2) is 10.8. The Morgan fingerprint density at radius 1 is 1.06 bits per heavy atom. The normalized spacial score (nSPS) is 11.6. The number of aromatic nitrogens is 6. The summed E-state index contributed by atoms with van der Waals surface area (Å²) in [6.07, 6.45) is 0. The number of nitrogens with zero attached hydrogens (tertiary/aromatic N) is 5. The van der Waals surface area contributed by atoms with Gasteiger partial charge in [-0.05, 0) is 49.6 Å². The lowest BCUT2D eigenvalue weighted by Gasteiger charge is -2.17. The minimum atomic E-state index is -1.34. The lowest BCUT2D eigenvalue weighted by atomic mass is 9.98. The monoisotopic (exact) mass is 490 g/mol. The summed E-state index contributed by atoms with van der Waals surface area (Å²) >= 11 is 0. The summed E-state index contributed by atoms with van der Waals surface area (Å²) in [7, 11) is 0. The van der Waals surface area contributed by atoms with E-state index in [1.807, 2.05) is 55.5 Å². The van der Waals surface area contributed by atoms with Gasteiger partial charge in [-0.25, -0.2) is 9.78 Å². The quantitative estimate of drug-likeness (QED) is 0.322. The number of benzene rings is 2. The molecule has 0 aliphatic heterocycles. The summed E-state index contributed by atoms with van der Waals surface area (Å²) in [6, 6.07) is 15.8. The molecule has 0 amide bonds. The van der Waals surface area contributed by atoms with Gasteiger partial charge in [-0.15, -0.1) is 10.2 Å². The fourth-order valence-electron chi connectivity index (χ4n) is 3.98. The molecule has 0 saturated heterocycles. The van der Waals surface area contributed by atoms with Crippen molar-refractivity contribution in [3.8, 4) is 22.5 Å². The number of rotatable bonds is 10. The van der Waals surface area contributed by atoms with Gasteiger partial charge in [0.2, 0.25) is 5.82 Å². The van der Waals surface area contributed by atoms with Crippen molar-refractivity contribution in [3.63, 3.8) is 0 Å². The third-order valence-electron chi connectivity index (χ3n) is 5.65. The van der Waals surface area contributed by atoms with E-state index >= 15 is 0 Å². The van der Waals surface area contributed by atoms with Crippen molar-refractivity contribution in [2.24, 2.45) is 0 Å². The maximum Gasteiger partial charge on any atom is 0.357 e. The van der Waals surface area contributed by atoms with Crippen LogP contribution in [-0.2, 0) is 28.2 Å². The van der Waals surface area contributed by atoms with Gasteiger partial charge >= 0.3 is 5.97 Å². The Balaban J connectivity index is 1.71. The summed E-state index contributed by atoms with van der Waals surface area (Å²) in [5.41, 5.74) is 2.93. The van der Waals surface area contributed by atoms with Gasteiger partial charge in [0.1, 0.15) is 23.7 Å². The molecule has 2 N–H and O–H groups in total. The van der Waals surface area contributed by atoms with Crippen LogP contribution >= 0.6 is 0 Å². The van der Waals surface area contributed by atoms with Crippen LogP contribution in [0.3, 0.4) is 0 Å². The third kappa shape index (κ3) is 5.34. The Kier molecular flexibility index (Phi) is 7.56. The van der Waals surface area contributed by atoms with Crippen LogP contribution < -0.4 is 0 Å². The molecule has 10 heteroatoms. The lowest BCUT2D eigenvalue weighted by Crippen LogP contribution is -2.23. The summed E-state index contributed by atoms with van der Waals surface area (Å²) in [5, 5.41) is 25.1. The van der Waals surface area contributed by atoms with Crippen LogP contribution in [0, 0.1) is 0 Å². The molecule has 188 valence electrons. The predicted molar refractivity (Wildman–Crippen MR) is 133 cm³/mol. The van der Waals surface area contributed by atoms with Crippen molar-refractivity contribution in [2.75, 3.05) is 13.2 Å². The number of ether oxygens (including phenoxy) is 2. The molecule has 0 spiro atoms. The van der Waals surface area contributed by atoms with Crippen LogP contribution in [0.5, 0.6) is 0 Å². The second-order valence-electron chi connectivity index (χ2n) is 8.71. The lowest BCUT2D eigenvalue weighted by molar-refractivity contribution is 0.0469. The number of hydrogen-bond acceptors (Lipinski definition) is 8. The molecule has 0 atom stereocenters. The van der Waals surface area contributed by atoms with Crippen molar-refractivity contribution in [1.82, 2.24) is 30.2 Å². The van der Waals surface area contributed by atoms with E-state index in [1.54, 1.807) is 25.3 Å². The van der Waals surface area contributed by atoms with Gasteiger partial charge in [-0.3, -0.25) is 0 Å². The molecule has 36 heavy (non-hydrogen) atoms. The number of aromatic amines is 1. The number of carbonyl (C=O) groups is 1. The molecule has 0 aliphatic rings. The van der Waals surface area contributed by atoms with Gasteiger partial charge in [0.15, 0.2) is 5.69 Å². The maximum atomic E-state index is 12.9. The van der Waals surface area contributed by atoms with Gasteiger partial charge in [-0.1, -0.05) is 48.5 Å². The number of esters is 1. The van der Waals surface area contributed by atoms with Gasteiger partial charge < -0.3 is 19.1 Å². The topological polar surface area (TPSA) is 128 Å². The number of H-pyrrole nitrogens is 1. The van der Waals surface area contributed by atoms with Crippen LogP contribution in [-0.4, -0.2) is 54.5 Å². The van der Waals surface area contributed by atoms with Crippen LogP contribution in [0.1, 0.15) is 55.3 Å². The van der Waals surface area contributed by atoms with E-state index < -0.39 is 11.6 Å². The zero-order valence-electron chi connectivity index (χ0n) is 20.9. The first-order valence-corrected chi connectivity index (χ1v) is 11.8. The Hall–Kier alpha value is -3.89. The zero-order chi connectivity index (χ0) is 25.7. The Labute approximate surface area is 209 Å². The molecule has 0 fully saturated rings. The highest BCUT2D eigenvalue weighted by atomic mass is 16.5. The highest BCUT2D eigenvalue weighted by Gasteiger charge is 2.32. The Morgan fingerprint density at radius 2 is 1.78 bits per heavy atom. The highest BCUT2D eigenvalue weighted by Crippen LogP contribution is 2.31. The third-order valence-corrected chi connectivity index (χ3v) is 5.65. The number of imidazole rings is 1. The second-order valence-corrected chi connectivity index (χ2v) is 8.71. The first-order chi connectivity index (χ1) is 17.3. The van der Waals surface area contributed by atoms with E-state index in [9.17, 15) is 9.90 Å². The number of tetrazole rings is 1. The number of carbonyl (C=O) groups excluding carboxylic acids is 1. The molecule has 4 rings (SSSR count). The average Bonchev–Trinajstić information content (AvgIpc) is 3.52. The van der Waals surface area contributed by atoms with E-state index in [4.69, 9.17) is 9.47 Å². The minimum Gasteiger partial charge on any atom is -0.461 e. The summed E-state index contributed by atoms with van der Waals surface area (Å²) in [5.74, 6) is 0.533. The van der Waals surface area contributed by atoms with Crippen LogP contribution in [0.15, 0.2) is 48.5 Å². The van der Waals surface area contributed by atoms with E-state index in [0.717, 1.165) is 22.3 Å². The standard InChI is InChI=1S/C26H30N6O4/c1-5-35-16-21-27-23(26(3,4)34)22(25(33)36-6-2)32(21)15-17-11-13-18(14-12-17)19-9-7-8-10-20(19)24-28-30-31-29-24/h7-14,34H,5-6,15-16H2,1-4H3,(H,28,29,30,31). The molecule has 0 unspecified atom stereocenters. The fraction of sp³-hybridized carbons (Fsp3) is 0.346. The Bertz CT molecular complexity index is 1310. The molecule has 2 aromatic carbocycles. The molecular weight excluding hydrogens is 460 g/mol. The van der Waals surface area contributed by atoms with Crippen molar-refractivity contribution in [2.45, 2.75) is 46.4 Å². The summed E-state index contributed by atoms with van der Waals surface area (Å²) in [4.78, 5) is 17.5. The number of hydrogen-bond donors (Lipinski definition) is 2. The molecule has 0 aliphatic carbocycles. The molecule has 4 aromatic rings. The highest BCUT2D eigenvalue weighted by molar-refractivity contribution is 5.89. The molecule has 0 radical (unpaired) electrons. The first kappa shape index (κ1) is 25.2. The molecule has 2 aromatic heterocycles. The smallest absolute Gasteiger partial charge is 0.357 e. The molecule has 2 heterocycles. The molecular formula is C26H30N6O4. The SMILES string of the molecule is CCOCc1nc(C(C)(C)O)c(C(=O)OCC)n1Cc1ccc(-c2ccccc2-c2nn[nH]n2)cc1. The van der Waals surface area contributed by atoms with Gasteiger partial charge in [0.25, 0.3) is 0 Å². The predicted octanol–water partition coefficient (Wildman–Crippen LogP) is 3.72. The molecule has 0 bridgehead atoms. The van der Waals surface area contributed by atoms with Crippen LogP contribution in [0.25, 0.3) is 22.5 Å². The first-order valence-electron chi connectivity index (χ1n) is 11.8. The van der Waals surface area contributed by atoms with Crippen molar-refractivity contribution < 1.29 is 19.4 Å². The molecule has 10 nitrogen and oxygen atoms in total. The van der Waals surface area contributed by atoms with Crippen LogP contribution in [0.2, 0.25) is 0 Å². The average molecular weight is 491 g/mol.